The third-order valence-corrected chi connectivity index (χ3v) is 3.85. The molecule has 0 heterocycles. The van der Waals surface area contributed by atoms with E-state index < -0.39 is 0 Å². The molecule has 0 atom stereocenters. The van der Waals surface area contributed by atoms with E-state index in [1.54, 1.807) is 64.7 Å². The minimum atomic E-state index is -0.143. The van der Waals surface area contributed by atoms with Crippen LogP contribution in [0.3, 0.4) is 0 Å². The van der Waals surface area contributed by atoms with Crippen LogP contribution in [-0.4, -0.2) is 46.3 Å². The van der Waals surface area contributed by atoms with Crippen LogP contribution >= 0.6 is 0 Å². The summed E-state index contributed by atoms with van der Waals surface area (Å²) >= 11 is 0. The second kappa shape index (κ2) is 8.28. The molecule has 0 saturated heterocycles. The summed E-state index contributed by atoms with van der Waals surface area (Å²) in [7, 11) is 8.02. The number of carbonyl (C=O) groups excluding carboxylic acids is 1. The lowest BCUT2D eigenvalue weighted by molar-refractivity contribution is 0.0783. The van der Waals surface area contributed by atoms with Crippen LogP contribution in [0.5, 0.6) is 23.0 Å². The van der Waals surface area contributed by atoms with Crippen molar-refractivity contribution in [2.45, 2.75) is 6.54 Å². The molecule has 0 unspecified atom stereocenters. The van der Waals surface area contributed by atoms with Gasteiger partial charge in [-0.1, -0.05) is 0 Å². The molecule has 2 rings (SSSR count). The molecule has 6 heteroatoms. The van der Waals surface area contributed by atoms with Crippen molar-refractivity contribution in [3.63, 3.8) is 0 Å². The van der Waals surface area contributed by atoms with Gasteiger partial charge in [-0.2, -0.15) is 0 Å². The molecule has 25 heavy (non-hydrogen) atoms. The SMILES string of the molecule is COc1cc(OC)cc(C(=O)N(C)Cc2ccc(OC)cc2OC)c1. The Kier molecular flexibility index (Phi) is 6.11. The van der Waals surface area contributed by atoms with E-state index in [9.17, 15) is 4.79 Å². The molecule has 2 aromatic carbocycles. The third-order valence-electron chi connectivity index (χ3n) is 3.85. The molecule has 0 radical (unpaired) electrons. The lowest BCUT2D eigenvalue weighted by Gasteiger charge is -2.20. The summed E-state index contributed by atoms with van der Waals surface area (Å²) in [5.41, 5.74) is 1.38. The van der Waals surface area contributed by atoms with Crippen molar-refractivity contribution in [2.75, 3.05) is 35.5 Å². The van der Waals surface area contributed by atoms with E-state index in [-0.39, 0.29) is 5.91 Å². The highest BCUT2D eigenvalue weighted by atomic mass is 16.5. The number of benzene rings is 2. The predicted octanol–water partition coefficient (Wildman–Crippen LogP) is 2.99. The van der Waals surface area contributed by atoms with Crippen molar-refractivity contribution in [1.29, 1.82) is 0 Å². The van der Waals surface area contributed by atoms with Gasteiger partial charge in [0.05, 0.1) is 28.4 Å². The third kappa shape index (κ3) is 4.35. The first kappa shape index (κ1) is 18.4. The molecule has 0 fully saturated rings. The van der Waals surface area contributed by atoms with Crippen molar-refractivity contribution in [3.8, 4) is 23.0 Å². The Morgan fingerprint density at radius 1 is 0.840 bits per heavy atom. The highest BCUT2D eigenvalue weighted by Gasteiger charge is 2.16. The number of methoxy groups -OCH3 is 4. The van der Waals surface area contributed by atoms with E-state index in [4.69, 9.17) is 18.9 Å². The molecule has 0 aliphatic carbocycles. The average molecular weight is 345 g/mol. The summed E-state index contributed by atoms with van der Waals surface area (Å²) in [6, 6.07) is 10.6. The lowest BCUT2D eigenvalue weighted by atomic mass is 10.1. The Balaban J connectivity index is 2.23. The van der Waals surface area contributed by atoms with Gasteiger partial charge in [0.2, 0.25) is 0 Å². The highest BCUT2D eigenvalue weighted by Crippen LogP contribution is 2.27. The van der Waals surface area contributed by atoms with Crippen molar-refractivity contribution >= 4 is 5.91 Å². The fraction of sp³-hybridized carbons (Fsp3) is 0.316. The molecule has 0 aliphatic rings. The Morgan fingerprint density at radius 3 is 1.96 bits per heavy atom. The van der Waals surface area contributed by atoms with Gasteiger partial charge in [0.15, 0.2) is 0 Å². The van der Waals surface area contributed by atoms with Crippen LogP contribution in [0.1, 0.15) is 15.9 Å². The first-order valence-corrected chi connectivity index (χ1v) is 7.71. The van der Waals surface area contributed by atoms with Crippen LogP contribution in [0.15, 0.2) is 36.4 Å². The highest BCUT2D eigenvalue weighted by molar-refractivity contribution is 5.95. The zero-order valence-corrected chi connectivity index (χ0v) is 15.2. The Labute approximate surface area is 147 Å². The normalized spacial score (nSPS) is 10.1. The molecule has 0 aliphatic heterocycles. The monoisotopic (exact) mass is 345 g/mol. The Morgan fingerprint density at radius 2 is 1.44 bits per heavy atom. The number of hydrogen-bond donors (Lipinski definition) is 0. The fourth-order valence-electron chi connectivity index (χ4n) is 2.46. The minimum Gasteiger partial charge on any atom is -0.497 e. The summed E-state index contributed by atoms with van der Waals surface area (Å²) in [5.74, 6) is 2.36. The summed E-state index contributed by atoms with van der Waals surface area (Å²) in [4.78, 5) is 14.4. The van der Waals surface area contributed by atoms with E-state index in [2.05, 4.69) is 0 Å². The van der Waals surface area contributed by atoms with Gasteiger partial charge in [-0.25, -0.2) is 0 Å². The number of amides is 1. The van der Waals surface area contributed by atoms with Crippen molar-refractivity contribution in [3.05, 3.63) is 47.5 Å². The molecular formula is C19H23NO5. The van der Waals surface area contributed by atoms with Gasteiger partial charge < -0.3 is 23.8 Å². The average Bonchev–Trinajstić information content (AvgIpc) is 2.66. The van der Waals surface area contributed by atoms with Gasteiger partial charge in [-0.3, -0.25) is 4.79 Å². The number of ether oxygens (including phenoxy) is 4. The van der Waals surface area contributed by atoms with Gasteiger partial charge >= 0.3 is 0 Å². The summed E-state index contributed by atoms with van der Waals surface area (Å²) in [6.07, 6.45) is 0. The van der Waals surface area contributed by atoms with E-state index in [0.29, 0.717) is 35.1 Å². The van der Waals surface area contributed by atoms with Crippen LogP contribution < -0.4 is 18.9 Å². The van der Waals surface area contributed by atoms with Gasteiger partial charge in [0, 0.05) is 36.9 Å². The van der Waals surface area contributed by atoms with Crippen LogP contribution in [0.25, 0.3) is 0 Å². The van der Waals surface area contributed by atoms with Crippen molar-refractivity contribution < 1.29 is 23.7 Å². The smallest absolute Gasteiger partial charge is 0.254 e. The molecular weight excluding hydrogens is 322 g/mol. The van der Waals surface area contributed by atoms with Gasteiger partial charge in [0.1, 0.15) is 23.0 Å². The largest absolute Gasteiger partial charge is 0.497 e. The summed E-state index contributed by atoms with van der Waals surface area (Å²) in [5, 5.41) is 0. The standard InChI is InChI=1S/C19H23NO5/c1-20(12-13-6-7-15(22-2)11-18(13)25-5)19(21)14-8-16(23-3)10-17(9-14)24-4/h6-11H,12H2,1-5H3. The minimum absolute atomic E-state index is 0.143. The van der Waals surface area contributed by atoms with Crippen LogP contribution in [-0.2, 0) is 6.54 Å². The molecule has 0 spiro atoms. The van der Waals surface area contributed by atoms with Crippen LogP contribution in [0, 0.1) is 0 Å². The quantitative estimate of drug-likeness (QED) is 0.772. The predicted molar refractivity (Wildman–Crippen MR) is 94.9 cm³/mol. The second-order valence-corrected chi connectivity index (χ2v) is 5.44. The van der Waals surface area contributed by atoms with Gasteiger partial charge in [0.25, 0.3) is 5.91 Å². The maximum Gasteiger partial charge on any atom is 0.254 e. The zero-order valence-electron chi connectivity index (χ0n) is 15.2. The van der Waals surface area contributed by atoms with Crippen LogP contribution in [0.4, 0.5) is 0 Å². The number of carbonyl (C=O) groups is 1. The molecule has 6 nitrogen and oxygen atoms in total. The van der Waals surface area contributed by atoms with Gasteiger partial charge in [-0.05, 0) is 24.3 Å². The topological polar surface area (TPSA) is 57.2 Å². The summed E-state index contributed by atoms with van der Waals surface area (Å²) in [6.45, 7) is 0.394. The molecule has 0 bridgehead atoms. The first-order valence-electron chi connectivity index (χ1n) is 7.71. The van der Waals surface area contributed by atoms with E-state index in [0.717, 1.165) is 5.56 Å². The van der Waals surface area contributed by atoms with E-state index >= 15 is 0 Å². The number of hydrogen-bond acceptors (Lipinski definition) is 5. The first-order chi connectivity index (χ1) is 12.0. The zero-order chi connectivity index (χ0) is 18.4. The molecule has 0 saturated carbocycles. The maximum atomic E-state index is 12.8. The molecule has 0 N–H and O–H groups in total. The fourth-order valence-corrected chi connectivity index (χ4v) is 2.46. The summed E-state index contributed by atoms with van der Waals surface area (Å²) < 4.78 is 21.0. The molecule has 134 valence electrons. The molecule has 1 amide bonds. The van der Waals surface area contributed by atoms with Gasteiger partial charge in [-0.15, -0.1) is 0 Å². The Bertz CT molecular complexity index is 722. The lowest BCUT2D eigenvalue weighted by Crippen LogP contribution is -2.26. The second-order valence-electron chi connectivity index (χ2n) is 5.44. The van der Waals surface area contributed by atoms with Crippen LogP contribution in [0.2, 0.25) is 0 Å². The van der Waals surface area contributed by atoms with E-state index in [1.165, 1.54) is 0 Å². The number of rotatable bonds is 7. The number of nitrogens with zero attached hydrogens (tertiary/aromatic N) is 1. The van der Waals surface area contributed by atoms with E-state index in [1.807, 2.05) is 12.1 Å². The van der Waals surface area contributed by atoms with Crippen molar-refractivity contribution in [1.82, 2.24) is 4.90 Å². The Hall–Kier alpha value is -2.89. The maximum absolute atomic E-state index is 12.8. The van der Waals surface area contributed by atoms with Crippen molar-refractivity contribution in [2.24, 2.45) is 0 Å². The molecule has 0 aromatic heterocycles. The molecule has 2 aromatic rings.